The van der Waals surface area contributed by atoms with Gasteiger partial charge < -0.3 is 35.2 Å². The molecule has 1 fully saturated rings. The molecule has 6 atom stereocenters. The summed E-state index contributed by atoms with van der Waals surface area (Å²) in [6.45, 7) is 2.52. The van der Waals surface area contributed by atoms with Crippen LogP contribution in [0.25, 0.3) is 0 Å². The first-order chi connectivity index (χ1) is 14.8. The highest BCUT2D eigenvalue weighted by molar-refractivity contribution is 6.31. The highest BCUT2D eigenvalue weighted by Gasteiger charge is 2.59. The van der Waals surface area contributed by atoms with Gasteiger partial charge in [0.25, 0.3) is 0 Å². The molecule has 0 unspecified atom stereocenters. The van der Waals surface area contributed by atoms with Gasteiger partial charge in [-0.1, -0.05) is 23.7 Å². The maximum atomic E-state index is 10.8. The Bertz CT molecular complexity index is 1010. The number of rotatable bonds is 3. The van der Waals surface area contributed by atoms with Crippen LogP contribution in [0.3, 0.4) is 0 Å². The summed E-state index contributed by atoms with van der Waals surface area (Å²) in [5, 5.41) is 45.5. The highest BCUT2D eigenvalue weighted by atomic mass is 35.5. The summed E-state index contributed by atoms with van der Waals surface area (Å²) in [6.07, 6.45) is -5.13. The van der Waals surface area contributed by atoms with Crippen LogP contribution < -0.4 is 5.32 Å². The van der Waals surface area contributed by atoms with Crippen molar-refractivity contribution >= 4 is 17.3 Å². The number of aliphatic hydroxyl groups is 4. The predicted octanol–water partition coefficient (Wildman–Crippen LogP) is 1.44. The number of anilines is 1. The van der Waals surface area contributed by atoms with Crippen molar-refractivity contribution in [2.24, 2.45) is 0 Å². The highest BCUT2D eigenvalue weighted by Crippen LogP contribution is 2.47. The average molecular weight is 448 g/mol. The van der Waals surface area contributed by atoms with Gasteiger partial charge in [0.1, 0.15) is 24.4 Å². The van der Waals surface area contributed by atoms with Gasteiger partial charge in [-0.15, -0.1) is 0 Å². The van der Waals surface area contributed by atoms with E-state index in [9.17, 15) is 20.4 Å². The van der Waals surface area contributed by atoms with Crippen molar-refractivity contribution in [3.05, 3.63) is 63.2 Å². The van der Waals surface area contributed by atoms with E-state index in [0.717, 1.165) is 35.3 Å². The first-order valence-corrected chi connectivity index (χ1v) is 10.9. The third-order valence-corrected chi connectivity index (χ3v) is 6.91. The molecule has 3 heterocycles. The lowest BCUT2D eigenvalue weighted by Gasteiger charge is -2.47. The zero-order valence-electron chi connectivity index (χ0n) is 17.1. The summed E-state index contributed by atoms with van der Waals surface area (Å²) in [5.41, 5.74) is 5.63. The maximum Gasteiger partial charge on any atom is 0.225 e. The zero-order chi connectivity index (χ0) is 21.9. The molecule has 0 saturated carbocycles. The van der Waals surface area contributed by atoms with Gasteiger partial charge in [-0.3, -0.25) is 0 Å². The Kier molecular flexibility index (Phi) is 5.26. The molecule has 0 aliphatic carbocycles. The summed E-state index contributed by atoms with van der Waals surface area (Å²) >= 11 is 6.57. The van der Waals surface area contributed by atoms with Gasteiger partial charge in [0.15, 0.2) is 0 Å². The van der Waals surface area contributed by atoms with Gasteiger partial charge >= 0.3 is 0 Å². The van der Waals surface area contributed by atoms with E-state index < -0.39 is 36.3 Å². The van der Waals surface area contributed by atoms with E-state index >= 15 is 0 Å². The third kappa shape index (κ3) is 3.36. The SMILES string of the molecule is C[C@@H](O)[C@H]1O[C@]2(OCc3cc(Cl)c(Cc4ccc5c(c4)NCC5)cc32)[C@H](O)[C@@H](O)[C@@H]1O. The topological polar surface area (TPSA) is 111 Å². The zero-order valence-corrected chi connectivity index (χ0v) is 17.8. The molecule has 8 heteroatoms. The summed E-state index contributed by atoms with van der Waals surface area (Å²) in [5.74, 6) is -1.69. The van der Waals surface area contributed by atoms with Crippen LogP contribution in [0.15, 0.2) is 30.3 Å². The fraction of sp³-hybridized carbons (Fsp3) is 0.478. The second-order valence-corrected chi connectivity index (χ2v) is 9.06. The van der Waals surface area contributed by atoms with Crippen molar-refractivity contribution in [3.8, 4) is 0 Å². The van der Waals surface area contributed by atoms with Crippen LogP contribution in [0.5, 0.6) is 0 Å². The lowest BCUT2D eigenvalue weighted by molar-refractivity contribution is -0.374. The Balaban J connectivity index is 1.52. The predicted molar refractivity (Wildman–Crippen MR) is 114 cm³/mol. The monoisotopic (exact) mass is 447 g/mol. The first kappa shape index (κ1) is 21.2. The molecule has 166 valence electrons. The summed E-state index contributed by atoms with van der Waals surface area (Å²) in [7, 11) is 0. The molecule has 1 saturated heterocycles. The molecule has 0 bridgehead atoms. The van der Waals surface area contributed by atoms with Crippen LogP contribution in [0, 0.1) is 0 Å². The summed E-state index contributed by atoms with van der Waals surface area (Å²) < 4.78 is 11.8. The third-order valence-electron chi connectivity index (χ3n) is 6.55. The minimum absolute atomic E-state index is 0.129. The van der Waals surface area contributed by atoms with E-state index in [2.05, 4.69) is 23.5 Å². The maximum absolute atomic E-state index is 10.8. The van der Waals surface area contributed by atoms with Gasteiger partial charge in [-0.05, 0) is 60.2 Å². The summed E-state index contributed by atoms with van der Waals surface area (Å²) in [6, 6.07) is 9.94. The Hall–Kier alpha value is -1.71. The minimum atomic E-state index is -1.69. The van der Waals surface area contributed by atoms with Gasteiger partial charge in [-0.2, -0.15) is 0 Å². The Morgan fingerprint density at radius 1 is 1.16 bits per heavy atom. The molecular weight excluding hydrogens is 422 g/mol. The Labute approximate surface area is 185 Å². The van der Waals surface area contributed by atoms with E-state index in [-0.39, 0.29) is 6.61 Å². The standard InChI is InChI=1S/C23H26ClNO6/c1-11(26)21-19(27)20(28)22(29)23(31-21)16-8-14(17(24)9-15(16)10-30-23)6-12-2-3-13-4-5-25-18(13)7-12/h2-3,7-9,11,19-22,25-29H,4-6,10H2,1H3/t11-,19+,20+,21-,22-,23+/m1/s1. The Morgan fingerprint density at radius 3 is 2.74 bits per heavy atom. The number of hydrogen-bond donors (Lipinski definition) is 5. The van der Waals surface area contributed by atoms with Crippen molar-refractivity contribution < 1.29 is 29.9 Å². The van der Waals surface area contributed by atoms with Crippen molar-refractivity contribution in [2.75, 3.05) is 11.9 Å². The molecule has 0 aromatic heterocycles. The number of fused-ring (bicyclic) bond motifs is 3. The molecule has 3 aliphatic heterocycles. The second kappa shape index (κ2) is 7.71. The fourth-order valence-electron chi connectivity index (χ4n) is 4.84. The van der Waals surface area contributed by atoms with Crippen LogP contribution in [-0.2, 0) is 34.7 Å². The van der Waals surface area contributed by atoms with Crippen LogP contribution in [0.4, 0.5) is 5.69 Å². The number of hydrogen-bond acceptors (Lipinski definition) is 7. The molecule has 0 radical (unpaired) electrons. The molecule has 2 aromatic rings. The minimum Gasteiger partial charge on any atom is -0.391 e. The van der Waals surface area contributed by atoms with Gasteiger partial charge in [0.05, 0.1) is 12.7 Å². The number of nitrogens with one attached hydrogen (secondary N) is 1. The van der Waals surface area contributed by atoms with Gasteiger partial charge in [0, 0.05) is 22.8 Å². The first-order valence-electron chi connectivity index (χ1n) is 10.5. The molecule has 3 aliphatic rings. The molecular formula is C23H26ClNO6. The van der Waals surface area contributed by atoms with Crippen molar-refractivity contribution in [1.29, 1.82) is 0 Å². The molecule has 7 nitrogen and oxygen atoms in total. The molecule has 0 amide bonds. The largest absolute Gasteiger partial charge is 0.391 e. The van der Waals surface area contributed by atoms with Crippen LogP contribution >= 0.6 is 11.6 Å². The molecule has 1 spiro atoms. The molecule has 5 N–H and O–H groups in total. The lowest BCUT2D eigenvalue weighted by Crippen LogP contribution is -2.64. The number of aliphatic hydroxyl groups excluding tert-OH is 4. The average Bonchev–Trinajstić information content (AvgIpc) is 3.34. The number of benzene rings is 2. The van der Waals surface area contributed by atoms with E-state index in [0.29, 0.717) is 17.0 Å². The molecule has 5 rings (SSSR count). The van der Waals surface area contributed by atoms with Crippen LogP contribution in [0.2, 0.25) is 5.02 Å². The van der Waals surface area contributed by atoms with E-state index in [4.69, 9.17) is 21.1 Å². The number of ether oxygens (including phenoxy) is 2. The molecule has 31 heavy (non-hydrogen) atoms. The quantitative estimate of drug-likeness (QED) is 0.484. The fourth-order valence-corrected chi connectivity index (χ4v) is 5.10. The smallest absolute Gasteiger partial charge is 0.225 e. The van der Waals surface area contributed by atoms with Crippen molar-refractivity contribution in [2.45, 2.75) is 62.7 Å². The molecule has 2 aromatic carbocycles. The summed E-state index contributed by atoms with van der Waals surface area (Å²) in [4.78, 5) is 0. The van der Waals surface area contributed by atoms with Crippen molar-refractivity contribution in [3.63, 3.8) is 0 Å². The van der Waals surface area contributed by atoms with Crippen LogP contribution in [-0.4, -0.2) is 57.5 Å². The van der Waals surface area contributed by atoms with Gasteiger partial charge in [-0.25, -0.2) is 0 Å². The normalized spacial score (nSPS) is 32.6. The lowest BCUT2D eigenvalue weighted by atomic mass is 9.85. The van der Waals surface area contributed by atoms with E-state index in [1.165, 1.54) is 12.5 Å². The van der Waals surface area contributed by atoms with E-state index in [1.54, 1.807) is 6.07 Å². The van der Waals surface area contributed by atoms with E-state index in [1.807, 2.05) is 6.07 Å². The number of halogens is 1. The Morgan fingerprint density at radius 2 is 1.97 bits per heavy atom. The van der Waals surface area contributed by atoms with Gasteiger partial charge in [0.2, 0.25) is 5.79 Å². The van der Waals surface area contributed by atoms with Crippen molar-refractivity contribution in [1.82, 2.24) is 0 Å². The van der Waals surface area contributed by atoms with Crippen LogP contribution in [0.1, 0.15) is 34.7 Å². The second-order valence-electron chi connectivity index (χ2n) is 8.65.